The minimum absolute atomic E-state index is 0.382. The molecule has 0 saturated carbocycles. The summed E-state index contributed by atoms with van der Waals surface area (Å²) >= 11 is 0. The predicted octanol–water partition coefficient (Wildman–Crippen LogP) is 0.0219. The van der Waals surface area contributed by atoms with Crippen molar-refractivity contribution in [2.75, 3.05) is 7.11 Å². The van der Waals surface area contributed by atoms with Crippen LogP contribution in [-0.4, -0.2) is 13.1 Å². The van der Waals surface area contributed by atoms with Gasteiger partial charge in [-0.2, -0.15) is 0 Å². The van der Waals surface area contributed by atoms with Crippen LogP contribution in [0.5, 0.6) is 0 Å². The molecule has 3 heteroatoms. The maximum atomic E-state index is 10.4. The summed E-state index contributed by atoms with van der Waals surface area (Å²) in [6, 6.07) is 0. The van der Waals surface area contributed by atoms with Gasteiger partial charge >= 0.3 is 5.97 Å². The number of nitrogens with two attached hydrogens (primary N) is 1. The van der Waals surface area contributed by atoms with Crippen LogP contribution in [0.2, 0.25) is 0 Å². The van der Waals surface area contributed by atoms with Crippen molar-refractivity contribution in [1.82, 2.24) is 0 Å². The Kier molecular flexibility index (Phi) is 2.69. The molecule has 2 N–H and O–H groups in total. The van der Waals surface area contributed by atoms with Crippen molar-refractivity contribution in [3.63, 3.8) is 0 Å². The molecule has 0 aromatic heterocycles. The topological polar surface area (TPSA) is 52.3 Å². The van der Waals surface area contributed by atoms with E-state index in [1.165, 1.54) is 13.3 Å². The van der Waals surface area contributed by atoms with E-state index in [4.69, 9.17) is 5.73 Å². The zero-order valence-electron chi connectivity index (χ0n) is 4.97. The van der Waals surface area contributed by atoms with Crippen molar-refractivity contribution in [1.29, 1.82) is 0 Å². The first kappa shape index (κ1) is 7.01. The van der Waals surface area contributed by atoms with Gasteiger partial charge in [-0.1, -0.05) is 0 Å². The smallest absolute Gasteiger partial charge is 0.334 e. The number of ether oxygens (including phenoxy) is 1. The third-order valence-corrected chi connectivity index (χ3v) is 0.757. The van der Waals surface area contributed by atoms with Gasteiger partial charge in [-0.3, -0.25) is 0 Å². The molecule has 0 aliphatic carbocycles. The fraction of sp³-hybridized carbons (Fsp3) is 0.400. The first-order valence-corrected chi connectivity index (χ1v) is 2.19. The molecule has 0 aliphatic rings. The fourth-order valence-electron chi connectivity index (χ4n) is 0.229. The maximum absolute atomic E-state index is 10.4. The number of rotatable bonds is 1. The van der Waals surface area contributed by atoms with Gasteiger partial charge < -0.3 is 10.5 Å². The average molecular weight is 115 g/mol. The largest absolute Gasteiger partial charge is 0.466 e. The summed E-state index contributed by atoms with van der Waals surface area (Å²) in [6.07, 6.45) is 1.21. The minimum atomic E-state index is -0.382. The zero-order chi connectivity index (χ0) is 6.57. The van der Waals surface area contributed by atoms with Gasteiger partial charge in [-0.05, 0) is 6.92 Å². The van der Waals surface area contributed by atoms with Crippen molar-refractivity contribution < 1.29 is 9.53 Å². The second kappa shape index (κ2) is 3.07. The van der Waals surface area contributed by atoms with E-state index in [0.29, 0.717) is 5.57 Å². The highest BCUT2D eigenvalue weighted by Crippen LogP contribution is 1.89. The van der Waals surface area contributed by atoms with Gasteiger partial charge in [-0.15, -0.1) is 0 Å². The molecule has 0 spiro atoms. The molecular weight excluding hydrogens is 106 g/mol. The van der Waals surface area contributed by atoms with E-state index in [1.54, 1.807) is 6.92 Å². The summed E-state index contributed by atoms with van der Waals surface area (Å²) in [4.78, 5) is 10.4. The molecule has 0 aromatic carbocycles. The van der Waals surface area contributed by atoms with Crippen molar-refractivity contribution >= 4 is 5.97 Å². The Morgan fingerprint density at radius 3 is 2.38 bits per heavy atom. The standard InChI is InChI=1S/C5H9NO2/c1-4(3-6)5(7)8-2/h3H,6H2,1-2H3. The summed E-state index contributed by atoms with van der Waals surface area (Å²) < 4.78 is 4.32. The third-order valence-electron chi connectivity index (χ3n) is 0.757. The van der Waals surface area contributed by atoms with Crippen LogP contribution in [0, 0.1) is 0 Å². The molecule has 0 unspecified atom stereocenters. The van der Waals surface area contributed by atoms with E-state index in [0.717, 1.165) is 0 Å². The second-order valence-corrected chi connectivity index (χ2v) is 1.34. The minimum Gasteiger partial charge on any atom is -0.466 e. The molecule has 0 aromatic rings. The molecule has 0 fully saturated rings. The quantitative estimate of drug-likeness (QED) is 0.387. The zero-order valence-corrected chi connectivity index (χ0v) is 4.97. The molecule has 0 aliphatic heterocycles. The van der Waals surface area contributed by atoms with Crippen LogP contribution in [0.3, 0.4) is 0 Å². The fourth-order valence-corrected chi connectivity index (χ4v) is 0.229. The van der Waals surface area contributed by atoms with Crippen molar-refractivity contribution in [3.8, 4) is 0 Å². The van der Waals surface area contributed by atoms with Crippen molar-refractivity contribution in [2.45, 2.75) is 6.92 Å². The molecular formula is C5H9NO2. The van der Waals surface area contributed by atoms with Gasteiger partial charge in [0.1, 0.15) is 0 Å². The summed E-state index contributed by atoms with van der Waals surface area (Å²) in [5.41, 5.74) is 5.41. The number of carbonyl (C=O) groups is 1. The molecule has 3 nitrogen and oxygen atoms in total. The van der Waals surface area contributed by atoms with Gasteiger partial charge in [0.15, 0.2) is 0 Å². The number of methoxy groups -OCH3 is 1. The third kappa shape index (κ3) is 1.64. The van der Waals surface area contributed by atoms with Gasteiger partial charge in [0.05, 0.1) is 7.11 Å². The molecule has 0 amide bonds. The molecule has 0 heterocycles. The Labute approximate surface area is 48.1 Å². The highest BCUT2D eigenvalue weighted by Gasteiger charge is 1.98. The van der Waals surface area contributed by atoms with E-state index in [-0.39, 0.29) is 5.97 Å². The Morgan fingerprint density at radius 2 is 2.25 bits per heavy atom. The van der Waals surface area contributed by atoms with Gasteiger partial charge in [0.25, 0.3) is 0 Å². The van der Waals surface area contributed by atoms with E-state index in [1.807, 2.05) is 0 Å². The second-order valence-electron chi connectivity index (χ2n) is 1.34. The van der Waals surface area contributed by atoms with Crippen LogP contribution in [0.4, 0.5) is 0 Å². The van der Waals surface area contributed by atoms with Crippen molar-refractivity contribution in [3.05, 3.63) is 11.8 Å². The highest BCUT2D eigenvalue weighted by molar-refractivity contribution is 5.87. The first-order chi connectivity index (χ1) is 3.72. The van der Waals surface area contributed by atoms with Gasteiger partial charge in [0.2, 0.25) is 0 Å². The summed E-state index contributed by atoms with van der Waals surface area (Å²) in [7, 11) is 1.31. The summed E-state index contributed by atoms with van der Waals surface area (Å²) in [5, 5.41) is 0. The first-order valence-electron chi connectivity index (χ1n) is 2.19. The van der Waals surface area contributed by atoms with E-state index < -0.39 is 0 Å². The number of hydrogen-bond acceptors (Lipinski definition) is 3. The van der Waals surface area contributed by atoms with E-state index >= 15 is 0 Å². The predicted molar refractivity (Wildman–Crippen MR) is 30.0 cm³/mol. The number of carbonyl (C=O) groups excluding carboxylic acids is 1. The summed E-state index contributed by atoms with van der Waals surface area (Å²) in [6.45, 7) is 1.59. The Balaban J connectivity index is 3.83. The normalized spacial score (nSPS) is 11.0. The Hall–Kier alpha value is -0.990. The molecule has 0 saturated heterocycles. The van der Waals surface area contributed by atoms with Crippen LogP contribution in [0.1, 0.15) is 6.92 Å². The lowest BCUT2D eigenvalue weighted by Crippen LogP contribution is -2.02. The van der Waals surface area contributed by atoms with Crippen LogP contribution in [0.15, 0.2) is 11.8 Å². The lowest BCUT2D eigenvalue weighted by molar-refractivity contribution is -0.136. The Morgan fingerprint density at radius 1 is 1.75 bits per heavy atom. The van der Waals surface area contributed by atoms with E-state index in [2.05, 4.69) is 4.74 Å². The number of esters is 1. The molecule has 8 heavy (non-hydrogen) atoms. The highest BCUT2D eigenvalue weighted by atomic mass is 16.5. The van der Waals surface area contributed by atoms with Crippen LogP contribution in [-0.2, 0) is 9.53 Å². The van der Waals surface area contributed by atoms with Crippen LogP contribution < -0.4 is 5.73 Å². The average Bonchev–Trinajstić information content (AvgIpc) is 1.84. The Bertz CT molecular complexity index is 118. The lowest BCUT2D eigenvalue weighted by atomic mass is 10.3. The molecule has 46 valence electrons. The van der Waals surface area contributed by atoms with Gasteiger partial charge in [-0.25, -0.2) is 4.79 Å². The van der Waals surface area contributed by atoms with Crippen LogP contribution >= 0.6 is 0 Å². The van der Waals surface area contributed by atoms with Gasteiger partial charge in [0, 0.05) is 11.8 Å². The molecule has 0 rings (SSSR count). The number of hydrogen-bond donors (Lipinski definition) is 1. The molecule has 0 radical (unpaired) electrons. The SMILES string of the molecule is COC(=O)C(C)=CN. The maximum Gasteiger partial charge on any atom is 0.334 e. The van der Waals surface area contributed by atoms with E-state index in [9.17, 15) is 4.79 Å². The van der Waals surface area contributed by atoms with Crippen LogP contribution in [0.25, 0.3) is 0 Å². The molecule has 0 atom stereocenters. The summed E-state index contributed by atoms with van der Waals surface area (Å²) in [5.74, 6) is -0.382. The monoisotopic (exact) mass is 115 g/mol. The van der Waals surface area contributed by atoms with Crippen molar-refractivity contribution in [2.24, 2.45) is 5.73 Å². The lowest BCUT2D eigenvalue weighted by Gasteiger charge is -1.93. The molecule has 0 bridgehead atoms.